The summed E-state index contributed by atoms with van der Waals surface area (Å²) in [5, 5.41) is 3.46. The van der Waals surface area contributed by atoms with E-state index in [1.165, 1.54) is 18.4 Å². The molecule has 1 aromatic heterocycles. The van der Waals surface area contributed by atoms with E-state index < -0.39 is 0 Å². The van der Waals surface area contributed by atoms with E-state index in [2.05, 4.69) is 46.5 Å². The normalized spacial score (nSPS) is 14.6. The van der Waals surface area contributed by atoms with Crippen molar-refractivity contribution < 1.29 is 0 Å². The molecule has 0 unspecified atom stereocenters. The number of nitrogens with zero attached hydrogens (tertiary/aromatic N) is 2. The summed E-state index contributed by atoms with van der Waals surface area (Å²) in [6.45, 7) is 4.89. The first kappa shape index (κ1) is 12.3. The topological polar surface area (TPSA) is 37.8 Å². The van der Waals surface area contributed by atoms with Gasteiger partial charge >= 0.3 is 0 Å². The van der Waals surface area contributed by atoms with Gasteiger partial charge in [-0.3, -0.25) is 0 Å². The molecule has 1 aliphatic rings. The van der Waals surface area contributed by atoms with E-state index in [4.69, 9.17) is 0 Å². The van der Waals surface area contributed by atoms with E-state index in [1.807, 2.05) is 13.0 Å². The molecule has 3 heteroatoms. The second kappa shape index (κ2) is 5.10. The van der Waals surface area contributed by atoms with Crippen LogP contribution in [0.15, 0.2) is 30.3 Å². The monoisotopic (exact) mass is 253 g/mol. The molecule has 1 aromatic carbocycles. The van der Waals surface area contributed by atoms with Crippen molar-refractivity contribution in [2.45, 2.75) is 39.3 Å². The van der Waals surface area contributed by atoms with Crippen LogP contribution >= 0.6 is 0 Å². The van der Waals surface area contributed by atoms with E-state index >= 15 is 0 Å². The van der Waals surface area contributed by atoms with Crippen molar-refractivity contribution in [3.63, 3.8) is 0 Å². The number of hydrogen-bond donors (Lipinski definition) is 1. The minimum atomic E-state index is 0.687. The molecule has 0 spiro atoms. The first-order valence-corrected chi connectivity index (χ1v) is 6.86. The van der Waals surface area contributed by atoms with E-state index in [-0.39, 0.29) is 0 Å². The lowest BCUT2D eigenvalue weighted by Gasteiger charge is -2.07. The SMILES string of the molecule is Cc1ccc(-c2cc(C)nc(CNC3CC3)n2)cc1. The maximum atomic E-state index is 4.66. The third-order valence-electron chi connectivity index (χ3n) is 3.37. The molecule has 1 heterocycles. The predicted octanol–water partition coefficient (Wildman–Crippen LogP) is 3.01. The second-order valence-electron chi connectivity index (χ2n) is 5.33. The van der Waals surface area contributed by atoms with Crippen LogP contribution in [0.25, 0.3) is 11.3 Å². The Morgan fingerprint density at radius 2 is 1.84 bits per heavy atom. The predicted molar refractivity (Wildman–Crippen MR) is 76.8 cm³/mol. The Balaban J connectivity index is 1.85. The van der Waals surface area contributed by atoms with Gasteiger partial charge in [0, 0.05) is 17.3 Å². The van der Waals surface area contributed by atoms with Crippen molar-refractivity contribution >= 4 is 0 Å². The number of aromatic nitrogens is 2. The van der Waals surface area contributed by atoms with Gasteiger partial charge in [-0.15, -0.1) is 0 Å². The van der Waals surface area contributed by atoms with E-state index in [0.29, 0.717) is 6.04 Å². The third kappa shape index (κ3) is 3.18. The van der Waals surface area contributed by atoms with Crippen LogP contribution in [-0.2, 0) is 6.54 Å². The van der Waals surface area contributed by atoms with Crippen molar-refractivity contribution in [1.82, 2.24) is 15.3 Å². The Kier molecular flexibility index (Phi) is 3.30. The Morgan fingerprint density at radius 1 is 1.11 bits per heavy atom. The molecule has 1 aliphatic carbocycles. The van der Waals surface area contributed by atoms with Gasteiger partial charge in [0.1, 0.15) is 5.82 Å². The van der Waals surface area contributed by atoms with Crippen molar-refractivity contribution in [2.24, 2.45) is 0 Å². The molecule has 2 aromatic rings. The van der Waals surface area contributed by atoms with E-state index in [0.717, 1.165) is 29.3 Å². The minimum absolute atomic E-state index is 0.687. The number of aryl methyl sites for hydroxylation is 2. The molecule has 1 saturated carbocycles. The van der Waals surface area contributed by atoms with Crippen molar-refractivity contribution in [2.75, 3.05) is 0 Å². The Hall–Kier alpha value is -1.74. The molecule has 3 nitrogen and oxygen atoms in total. The third-order valence-corrected chi connectivity index (χ3v) is 3.37. The largest absolute Gasteiger partial charge is 0.307 e. The lowest BCUT2D eigenvalue weighted by atomic mass is 10.1. The molecule has 0 amide bonds. The van der Waals surface area contributed by atoms with Gasteiger partial charge in [0.2, 0.25) is 0 Å². The number of nitrogens with one attached hydrogen (secondary N) is 1. The molecule has 3 rings (SSSR count). The highest BCUT2D eigenvalue weighted by Crippen LogP contribution is 2.20. The molecule has 0 saturated heterocycles. The zero-order chi connectivity index (χ0) is 13.2. The van der Waals surface area contributed by atoms with Gasteiger partial charge in [0.25, 0.3) is 0 Å². The Bertz CT molecular complexity index is 571. The second-order valence-corrected chi connectivity index (χ2v) is 5.33. The number of benzene rings is 1. The van der Waals surface area contributed by atoms with Gasteiger partial charge in [0.05, 0.1) is 12.2 Å². The van der Waals surface area contributed by atoms with E-state index in [1.54, 1.807) is 0 Å². The molecule has 0 atom stereocenters. The van der Waals surface area contributed by atoms with Crippen LogP contribution in [-0.4, -0.2) is 16.0 Å². The molecule has 0 aliphatic heterocycles. The smallest absolute Gasteiger partial charge is 0.143 e. The molecular weight excluding hydrogens is 234 g/mol. The zero-order valence-corrected chi connectivity index (χ0v) is 11.5. The molecule has 0 radical (unpaired) electrons. The van der Waals surface area contributed by atoms with Gasteiger partial charge in [-0.2, -0.15) is 0 Å². The van der Waals surface area contributed by atoms with Crippen molar-refractivity contribution in [3.05, 3.63) is 47.4 Å². The fourth-order valence-corrected chi connectivity index (χ4v) is 2.10. The van der Waals surface area contributed by atoms with Gasteiger partial charge in [-0.1, -0.05) is 29.8 Å². The van der Waals surface area contributed by atoms with Crippen LogP contribution in [0.1, 0.15) is 29.9 Å². The van der Waals surface area contributed by atoms with Crippen molar-refractivity contribution in [1.29, 1.82) is 0 Å². The summed E-state index contributed by atoms with van der Waals surface area (Å²) < 4.78 is 0. The zero-order valence-electron chi connectivity index (χ0n) is 11.5. The van der Waals surface area contributed by atoms with Crippen LogP contribution in [0.3, 0.4) is 0 Å². The van der Waals surface area contributed by atoms with Gasteiger partial charge in [-0.05, 0) is 32.8 Å². The van der Waals surface area contributed by atoms with Crippen LogP contribution in [0.2, 0.25) is 0 Å². The average molecular weight is 253 g/mol. The van der Waals surface area contributed by atoms with Crippen LogP contribution < -0.4 is 5.32 Å². The molecular formula is C16H19N3. The summed E-state index contributed by atoms with van der Waals surface area (Å²) in [5.74, 6) is 0.891. The summed E-state index contributed by atoms with van der Waals surface area (Å²) in [5.41, 5.74) is 4.46. The summed E-state index contributed by atoms with van der Waals surface area (Å²) in [4.78, 5) is 9.16. The Labute approximate surface area is 114 Å². The standard InChI is InChI=1S/C16H19N3/c1-11-3-5-13(6-4-11)15-9-12(2)18-16(19-15)10-17-14-7-8-14/h3-6,9,14,17H,7-8,10H2,1-2H3. The highest BCUT2D eigenvalue weighted by molar-refractivity contribution is 5.59. The van der Waals surface area contributed by atoms with Crippen LogP contribution in [0.4, 0.5) is 0 Å². The van der Waals surface area contributed by atoms with Crippen molar-refractivity contribution in [3.8, 4) is 11.3 Å². The molecule has 1 fully saturated rings. The Morgan fingerprint density at radius 3 is 2.53 bits per heavy atom. The lowest BCUT2D eigenvalue weighted by Crippen LogP contribution is -2.17. The average Bonchev–Trinajstić information content (AvgIpc) is 3.20. The summed E-state index contributed by atoms with van der Waals surface area (Å²) in [6.07, 6.45) is 2.58. The van der Waals surface area contributed by atoms with E-state index in [9.17, 15) is 0 Å². The summed E-state index contributed by atoms with van der Waals surface area (Å²) in [6, 6.07) is 11.2. The fourth-order valence-electron chi connectivity index (χ4n) is 2.10. The first-order chi connectivity index (χ1) is 9.20. The highest BCUT2D eigenvalue weighted by atomic mass is 15.0. The summed E-state index contributed by atoms with van der Waals surface area (Å²) in [7, 11) is 0. The summed E-state index contributed by atoms with van der Waals surface area (Å²) >= 11 is 0. The molecule has 98 valence electrons. The lowest BCUT2D eigenvalue weighted by molar-refractivity contribution is 0.656. The first-order valence-electron chi connectivity index (χ1n) is 6.86. The van der Waals surface area contributed by atoms with Gasteiger partial charge < -0.3 is 5.32 Å². The molecule has 19 heavy (non-hydrogen) atoms. The van der Waals surface area contributed by atoms with Crippen LogP contribution in [0, 0.1) is 13.8 Å². The maximum Gasteiger partial charge on any atom is 0.143 e. The maximum absolute atomic E-state index is 4.66. The number of hydrogen-bond acceptors (Lipinski definition) is 3. The molecule has 1 N–H and O–H groups in total. The van der Waals surface area contributed by atoms with Crippen LogP contribution in [0.5, 0.6) is 0 Å². The highest BCUT2D eigenvalue weighted by Gasteiger charge is 2.20. The van der Waals surface area contributed by atoms with Gasteiger partial charge in [-0.25, -0.2) is 9.97 Å². The quantitative estimate of drug-likeness (QED) is 0.910. The fraction of sp³-hybridized carbons (Fsp3) is 0.375. The minimum Gasteiger partial charge on any atom is -0.307 e. The molecule has 0 bridgehead atoms. The number of rotatable bonds is 4. The van der Waals surface area contributed by atoms with Gasteiger partial charge in [0.15, 0.2) is 0 Å².